The van der Waals surface area contributed by atoms with Crippen molar-refractivity contribution in [3.05, 3.63) is 0 Å². The summed E-state index contributed by atoms with van der Waals surface area (Å²) in [5.74, 6) is -0.103. The minimum atomic E-state index is -0.333. The van der Waals surface area contributed by atoms with Gasteiger partial charge < -0.3 is 15.0 Å². The van der Waals surface area contributed by atoms with Gasteiger partial charge in [0.05, 0.1) is 7.11 Å². The average Bonchev–Trinajstić information content (AvgIpc) is 2.29. The number of carbonyl (C=O) groups is 2. The average molecular weight is 293 g/mol. The number of alkyl halides is 1. The van der Waals surface area contributed by atoms with Gasteiger partial charge in [-0.15, -0.1) is 0 Å². The van der Waals surface area contributed by atoms with E-state index in [0.717, 1.165) is 6.42 Å². The molecular formula is C10H17BrN2O3. The third-order valence-corrected chi connectivity index (χ3v) is 3.37. The van der Waals surface area contributed by atoms with Crippen molar-refractivity contribution in [2.24, 2.45) is 0 Å². The van der Waals surface area contributed by atoms with Gasteiger partial charge >= 0.3 is 5.97 Å². The van der Waals surface area contributed by atoms with Gasteiger partial charge in [0.1, 0.15) is 4.83 Å². The molecule has 0 aromatic rings. The minimum Gasteiger partial charge on any atom is -0.468 e. The molecule has 1 rings (SSSR count). The van der Waals surface area contributed by atoms with E-state index < -0.39 is 0 Å². The summed E-state index contributed by atoms with van der Waals surface area (Å²) < 4.78 is 4.60. The van der Waals surface area contributed by atoms with E-state index in [1.54, 1.807) is 11.9 Å². The van der Waals surface area contributed by atoms with E-state index in [9.17, 15) is 9.59 Å². The van der Waals surface area contributed by atoms with Gasteiger partial charge in [0.15, 0.2) is 0 Å². The molecule has 0 radical (unpaired) electrons. The molecule has 2 unspecified atom stereocenters. The van der Waals surface area contributed by atoms with E-state index >= 15 is 0 Å². The smallest absolute Gasteiger partial charge is 0.320 e. The van der Waals surface area contributed by atoms with Gasteiger partial charge in [0.25, 0.3) is 0 Å². The molecule has 0 aromatic carbocycles. The largest absolute Gasteiger partial charge is 0.468 e. The maximum Gasteiger partial charge on any atom is 0.320 e. The van der Waals surface area contributed by atoms with Crippen LogP contribution in [0.15, 0.2) is 0 Å². The lowest BCUT2D eigenvalue weighted by Crippen LogP contribution is -2.48. The summed E-state index contributed by atoms with van der Waals surface area (Å²) in [6.07, 6.45) is 1.39. The van der Waals surface area contributed by atoms with Crippen molar-refractivity contribution in [3.63, 3.8) is 0 Å². The summed E-state index contributed by atoms with van der Waals surface area (Å²) in [4.78, 5) is 23.8. The first kappa shape index (κ1) is 13.4. The topological polar surface area (TPSA) is 58.6 Å². The van der Waals surface area contributed by atoms with Crippen LogP contribution in [0, 0.1) is 0 Å². The molecule has 1 heterocycles. The van der Waals surface area contributed by atoms with Gasteiger partial charge in [-0.05, 0) is 6.42 Å². The third-order valence-electron chi connectivity index (χ3n) is 2.67. The second-order valence-corrected chi connectivity index (χ2v) is 5.01. The lowest BCUT2D eigenvalue weighted by Gasteiger charge is -2.30. The lowest BCUT2D eigenvalue weighted by atomic mass is 10.1. The van der Waals surface area contributed by atoms with Gasteiger partial charge in [0.2, 0.25) is 5.91 Å². The van der Waals surface area contributed by atoms with E-state index in [-0.39, 0.29) is 22.7 Å². The number of amides is 1. The molecule has 1 aliphatic heterocycles. The van der Waals surface area contributed by atoms with Crippen LogP contribution in [0.2, 0.25) is 0 Å². The Bertz CT molecular complexity index is 273. The van der Waals surface area contributed by atoms with Crippen LogP contribution in [0.25, 0.3) is 0 Å². The normalized spacial score (nSPS) is 23.1. The number of piperidine rings is 1. The van der Waals surface area contributed by atoms with Crippen LogP contribution in [-0.2, 0) is 14.3 Å². The molecule has 1 saturated heterocycles. The Hall–Kier alpha value is -0.620. The van der Waals surface area contributed by atoms with E-state index in [4.69, 9.17) is 0 Å². The second kappa shape index (κ2) is 6.20. The maximum absolute atomic E-state index is 11.2. The van der Waals surface area contributed by atoms with Crippen LogP contribution >= 0.6 is 15.9 Å². The summed E-state index contributed by atoms with van der Waals surface area (Å²) in [6.45, 7) is 1.21. The second-order valence-electron chi connectivity index (χ2n) is 3.91. The molecule has 0 spiro atoms. The van der Waals surface area contributed by atoms with E-state index in [2.05, 4.69) is 26.0 Å². The number of ether oxygens (including phenoxy) is 1. The summed E-state index contributed by atoms with van der Waals surface area (Å²) in [7, 11) is 3.16. The maximum atomic E-state index is 11.2. The lowest BCUT2D eigenvalue weighted by molar-refractivity contribution is -0.140. The minimum absolute atomic E-state index is 0.182. The number of hydrogen-bond acceptors (Lipinski definition) is 4. The van der Waals surface area contributed by atoms with Crippen LogP contribution < -0.4 is 5.32 Å². The number of hydrogen-bond donors (Lipinski definition) is 1. The molecule has 0 aromatic heterocycles. The number of esters is 1. The fraction of sp³-hybridized carbons (Fsp3) is 0.800. The van der Waals surface area contributed by atoms with Gasteiger partial charge in [-0.25, -0.2) is 0 Å². The number of rotatable bonds is 4. The van der Waals surface area contributed by atoms with Crippen molar-refractivity contribution >= 4 is 27.8 Å². The van der Waals surface area contributed by atoms with Gasteiger partial charge in [0, 0.05) is 32.6 Å². The Morgan fingerprint density at radius 2 is 2.44 bits per heavy atom. The van der Waals surface area contributed by atoms with Crippen molar-refractivity contribution in [2.45, 2.75) is 23.7 Å². The van der Waals surface area contributed by atoms with Crippen LogP contribution in [-0.4, -0.2) is 54.9 Å². The predicted molar refractivity (Wildman–Crippen MR) is 63.4 cm³/mol. The first-order valence-electron chi connectivity index (χ1n) is 5.24. The molecule has 1 N–H and O–H groups in total. The number of methoxy groups -OCH3 is 1. The molecule has 5 nitrogen and oxygen atoms in total. The number of carbonyl (C=O) groups excluding carboxylic acids is 2. The van der Waals surface area contributed by atoms with Gasteiger partial charge in [-0.2, -0.15) is 0 Å². The highest BCUT2D eigenvalue weighted by Crippen LogP contribution is 2.10. The highest BCUT2D eigenvalue weighted by atomic mass is 79.9. The van der Waals surface area contributed by atoms with Crippen LogP contribution in [0.4, 0.5) is 0 Å². The molecule has 1 fully saturated rings. The Morgan fingerprint density at radius 3 is 3.00 bits per heavy atom. The molecule has 2 atom stereocenters. The fourth-order valence-corrected chi connectivity index (χ4v) is 2.03. The summed E-state index contributed by atoms with van der Waals surface area (Å²) in [5, 5.41) is 3.25. The number of nitrogens with one attached hydrogen (secondary N) is 1. The van der Waals surface area contributed by atoms with Crippen LogP contribution in [0.3, 0.4) is 0 Å². The first-order chi connectivity index (χ1) is 7.54. The standard InChI is InChI=1S/C10H17BrN2O3/c1-13-6-7(3-4-9(13)14)12-5-8(11)10(15)16-2/h7-8,12H,3-6H2,1-2H3. The zero-order valence-corrected chi connectivity index (χ0v) is 11.1. The van der Waals surface area contributed by atoms with E-state index in [0.29, 0.717) is 19.5 Å². The zero-order chi connectivity index (χ0) is 12.1. The number of likely N-dealkylation sites (tertiary alicyclic amines) is 1. The van der Waals surface area contributed by atoms with Crippen molar-refractivity contribution in [1.82, 2.24) is 10.2 Å². The third kappa shape index (κ3) is 3.75. The molecular weight excluding hydrogens is 276 g/mol. The quantitative estimate of drug-likeness (QED) is 0.591. The Morgan fingerprint density at radius 1 is 1.75 bits per heavy atom. The molecule has 92 valence electrons. The molecule has 1 aliphatic rings. The van der Waals surface area contributed by atoms with E-state index in [1.165, 1.54) is 7.11 Å². The summed E-state index contributed by atoms with van der Waals surface area (Å²) in [6, 6.07) is 0.257. The van der Waals surface area contributed by atoms with Crippen LogP contribution in [0.5, 0.6) is 0 Å². The van der Waals surface area contributed by atoms with Gasteiger partial charge in [-0.1, -0.05) is 15.9 Å². The molecule has 0 aliphatic carbocycles. The molecule has 1 amide bonds. The monoisotopic (exact) mass is 292 g/mol. The number of halogens is 1. The Balaban J connectivity index is 2.28. The fourth-order valence-electron chi connectivity index (χ4n) is 1.66. The number of nitrogens with zero attached hydrogens (tertiary/aromatic N) is 1. The predicted octanol–water partition coefficient (Wildman–Crippen LogP) is 0.133. The van der Waals surface area contributed by atoms with Gasteiger partial charge in [-0.3, -0.25) is 9.59 Å². The van der Waals surface area contributed by atoms with Crippen molar-refractivity contribution < 1.29 is 14.3 Å². The van der Waals surface area contributed by atoms with Crippen molar-refractivity contribution in [2.75, 3.05) is 27.2 Å². The molecule has 16 heavy (non-hydrogen) atoms. The summed E-state index contributed by atoms with van der Waals surface area (Å²) in [5.41, 5.74) is 0. The Kier molecular flexibility index (Phi) is 5.21. The first-order valence-corrected chi connectivity index (χ1v) is 6.15. The molecule has 0 bridgehead atoms. The summed E-state index contributed by atoms with van der Waals surface area (Å²) >= 11 is 3.24. The Labute approximate surface area is 104 Å². The van der Waals surface area contributed by atoms with Crippen molar-refractivity contribution in [1.29, 1.82) is 0 Å². The molecule has 6 heteroatoms. The highest BCUT2D eigenvalue weighted by molar-refractivity contribution is 9.10. The zero-order valence-electron chi connectivity index (χ0n) is 9.53. The SMILES string of the molecule is COC(=O)C(Br)CNC1CCC(=O)N(C)C1. The highest BCUT2D eigenvalue weighted by Gasteiger charge is 2.24. The van der Waals surface area contributed by atoms with E-state index in [1.807, 2.05) is 0 Å². The van der Waals surface area contributed by atoms with Crippen molar-refractivity contribution in [3.8, 4) is 0 Å². The molecule has 0 saturated carbocycles. The number of likely N-dealkylation sites (N-methyl/N-ethyl adjacent to an activating group) is 1. The van der Waals surface area contributed by atoms with Crippen LogP contribution in [0.1, 0.15) is 12.8 Å².